The standard InChI is InChI=1S/C45H59N7O11/c1-6-62-43(60)31-13-15-32(16-14-31)47-44(61)48-34(19-30-11-9-10-26(2)18-30)38(55)49-37-29(5)63-25-45(24-53)21-27(3)22-52(45)40(57)28(4)46-39(56)35-12-7-8-17-50(35)41(58)36-20-33(54)23-51(36)42(37)59/h9-11,13-16,18,24,27-29,33-37,54H,6-8,12,17,19-23,25H2,1-5H3,(H,46,56)(H,49,55)(H2,47,48,61)/t27-,28+,29+,33-,34+,35+,36+,37+,45?/m1/s1. The number of aldehydes is 1. The molecule has 6 rings (SSSR count). The van der Waals surface area contributed by atoms with Gasteiger partial charge in [-0.3, -0.25) is 24.0 Å². The van der Waals surface area contributed by atoms with Crippen LogP contribution < -0.4 is 21.3 Å². The number of ether oxygens (including phenoxy) is 2. The van der Waals surface area contributed by atoms with Gasteiger partial charge < -0.3 is 55.3 Å². The minimum Gasteiger partial charge on any atom is -0.462 e. The normalized spacial score (nSPS) is 28.5. The number of hydrogen-bond donors (Lipinski definition) is 5. The number of benzene rings is 2. The lowest BCUT2D eigenvalue weighted by atomic mass is 9.94. The second-order valence-corrected chi connectivity index (χ2v) is 17.3. The number of fused-ring (bicyclic) bond motifs is 3. The van der Waals surface area contributed by atoms with E-state index in [1.165, 1.54) is 52.8 Å². The smallest absolute Gasteiger partial charge is 0.338 e. The van der Waals surface area contributed by atoms with Gasteiger partial charge >= 0.3 is 12.0 Å². The van der Waals surface area contributed by atoms with E-state index in [-0.39, 0.29) is 63.6 Å². The van der Waals surface area contributed by atoms with E-state index < -0.39 is 89.5 Å². The van der Waals surface area contributed by atoms with E-state index in [0.29, 0.717) is 36.8 Å². The zero-order valence-corrected chi connectivity index (χ0v) is 36.5. The molecule has 0 aromatic heterocycles. The number of hydrogen-bond acceptors (Lipinski definition) is 11. The first-order valence-corrected chi connectivity index (χ1v) is 21.7. The van der Waals surface area contributed by atoms with Crippen molar-refractivity contribution in [3.05, 3.63) is 65.2 Å². The summed E-state index contributed by atoms with van der Waals surface area (Å²) >= 11 is 0. The molecule has 0 spiro atoms. The molecule has 7 amide bonds. The summed E-state index contributed by atoms with van der Waals surface area (Å²) in [4.78, 5) is 115. The Labute approximate surface area is 366 Å². The molecule has 4 saturated heterocycles. The Kier molecular flexibility index (Phi) is 14.9. The molecule has 4 heterocycles. The third kappa shape index (κ3) is 10.7. The number of nitrogens with zero attached hydrogens (tertiary/aromatic N) is 3. The molecule has 18 heteroatoms. The van der Waals surface area contributed by atoms with Crippen LogP contribution in [0.5, 0.6) is 0 Å². The Hall–Kier alpha value is -5.88. The van der Waals surface area contributed by atoms with Crippen molar-refractivity contribution in [2.45, 2.75) is 121 Å². The highest BCUT2D eigenvalue weighted by atomic mass is 16.5. The van der Waals surface area contributed by atoms with Gasteiger partial charge in [-0.2, -0.15) is 0 Å². The molecule has 0 bridgehead atoms. The van der Waals surface area contributed by atoms with Gasteiger partial charge in [0.05, 0.1) is 31.0 Å². The maximum Gasteiger partial charge on any atom is 0.338 e. The fourth-order valence-electron chi connectivity index (χ4n) is 9.12. The highest BCUT2D eigenvalue weighted by Gasteiger charge is 2.51. The molecular weight excluding hydrogens is 815 g/mol. The quantitative estimate of drug-likeness (QED) is 0.179. The van der Waals surface area contributed by atoms with Gasteiger partial charge in [0, 0.05) is 38.2 Å². The summed E-state index contributed by atoms with van der Waals surface area (Å²) in [6, 6.07) is 6.51. The predicted octanol–water partition coefficient (Wildman–Crippen LogP) is 1.46. The van der Waals surface area contributed by atoms with Crippen LogP contribution >= 0.6 is 0 Å². The van der Waals surface area contributed by atoms with E-state index in [0.717, 1.165) is 5.56 Å². The van der Waals surface area contributed by atoms with Crippen molar-refractivity contribution in [2.75, 3.05) is 38.2 Å². The van der Waals surface area contributed by atoms with E-state index in [2.05, 4.69) is 21.3 Å². The zero-order valence-electron chi connectivity index (χ0n) is 36.5. The maximum atomic E-state index is 14.9. The molecule has 2 aromatic rings. The average Bonchev–Trinajstić information content (AvgIpc) is 3.82. The lowest BCUT2D eigenvalue weighted by molar-refractivity contribution is -0.155. The highest BCUT2D eigenvalue weighted by Crippen LogP contribution is 2.34. The number of nitrogens with one attached hydrogen (secondary N) is 4. The van der Waals surface area contributed by atoms with Crippen molar-refractivity contribution in [3.8, 4) is 0 Å². The van der Waals surface area contributed by atoms with Crippen molar-refractivity contribution in [1.29, 1.82) is 0 Å². The molecule has 5 N–H and O–H groups in total. The zero-order chi connectivity index (χ0) is 45.6. The number of rotatable bonds is 9. The Morgan fingerprint density at radius 1 is 0.984 bits per heavy atom. The SMILES string of the molecule is CCOC(=O)c1ccc(NC(=O)N[C@@H](Cc2cccc(C)c2)C(=O)N[C@@H]2C(=O)N3C[C@H](O)C[C@H]3C(=O)N3CCCC[C@H]3C(=O)N[C@@H](C)C(=O)N3C[C@H](C)CC3(C=O)CO[C@H]2C)cc1. The van der Waals surface area contributed by atoms with Crippen LogP contribution in [0, 0.1) is 12.8 Å². The largest absolute Gasteiger partial charge is 0.462 e. The number of carbonyl (C=O) groups excluding carboxylic acids is 8. The second-order valence-electron chi connectivity index (χ2n) is 17.3. The molecule has 1 unspecified atom stereocenters. The molecule has 2 aromatic carbocycles. The van der Waals surface area contributed by atoms with Crippen LogP contribution in [0.15, 0.2) is 48.5 Å². The number of esters is 1. The number of carbonyl (C=O) groups is 8. The molecule has 4 fully saturated rings. The van der Waals surface area contributed by atoms with Crippen molar-refractivity contribution in [2.24, 2.45) is 5.92 Å². The van der Waals surface area contributed by atoms with Crippen LogP contribution in [0.25, 0.3) is 0 Å². The van der Waals surface area contributed by atoms with Gasteiger partial charge in [-0.25, -0.2) is 9.59 Å². The molecule has 63 heavy (non-hydrogen) atoms. The predicted molar refractivity (Wildman–Crippen MR) is 228 cm³/mol. The van der Waals surface area contributed by atoms with E-state index in [1.807, 2.05) is 26.0 Å². The van der Waals surface area contributed by atoms with Crippen molar-refractivity contribution in [1.82, 2.24) is 30.7 Å². The Bertz CT molecular complexity index is 2070. The third-order valence-electron chi connectivity index (χ3n) is 12.3. The van der Waals surface area contributed by atoms with E-state index in [1.54, 1.807) is 19.1 Å². The summed E-state index contributed by atoms with van der Waals surface area (Å²) in [5.74, 6) is -3.82. The van der Waals surface area contributed by atoms with Crippen molar-refractivity contribution >= 4 is 53.5 Å². The Morgan fingerprint density at radius 3 is 2.43 bits per heavy atom. The molecule has 4 aliphatic heterocycles. The summed E-state index contributed by atoms with van der Waals surface area (Å²) in [5, 5.41) is 21.9. The number of anilines is 1. The first kappa shape index (κ1) is 46.6. The molecule has 18 nitrogen and oxygen atoms in total. The fraction of sp³-hybridized carbons (Fsp3) is 0.556. The third-order valence-corrected chi connectivity index (χ3v) is 12.3. The summed E-state index contributed by atoms with van der Waals surface area (Å²) < 4.78 is 11.4. The number of urea groups is 1. The van der Waals surface area contributed by atoms with Gasteiger partial charge in [0.15, 0.2) is 0 Å². The molecule has 0 aliphatic carbocycles. The molecule has 0 saturated carbocycles. The first-order valence-electron chi connectivity index (χ1n) is 21.7. The van der Waals surface area contributed by atoms with E-state index in [4.69, 9.17) is 9.47 Å². The number of aryl methyl sites for hydroxylation is 1. The van der Waals surface area contributed by atoms with Crippen molar-refractivity contribution < 1.29 is 52.9 Å². The summed E-state index contributed by atoms with van der Waals surface area (Å²) in [6.07, 6.45) is -0.00932. The second kappa shape index (κ2) is 20.1. The number of piperidine rings is 1. The van der Waals surface area contributed by atoms with Gasteiger partial charge in [0.1, 0.15) is 42.0 Å². The molecule has 4 aliphatic rings. The van der Waals surface area contributed by atoms with E-state index in [9.17, 15) is 43.5 Å². The van der Waals surface area contributed by atoms with Gasteiger partial charge in [-0.1, -0.05) is 36.8 Å². The monoisotopic (exact) mass is 873 g/mol. The van der Waals surface area contributed by atoms with Crippen molar-refractivity contribution in [3.63, 3.8) is 0 Å². The van der Waals surface area contributed by atoms with E-state index >= 15 is 0 Å². The Balaban J connectivity index is 1.33. The van der Waals surface area contributed by atoms with Crippen LogP contribution in [0.1, 0.15) is 81.3 Å². The van der Waals surface area contributed by atoms with Gasteiger partial charge in [0.2, 0.25) is 29.5 Å². The van der Waals surface area contributed by atoms with Crippen LogP contribution in [0.4, 0.5) is 10.5 Å². The summed E-state index contributed by atoms with van der Waals surface area (Å²) in [7, 11) is 0. The summed E-state index contributed by atoms with van der Waals surface area (Å²) in [5.41, 5.74) is 0.712. The highest BCUT2D eigenvalue weighted by molar-refractivity contribution is 5.99. The molecule has 340 valence electrons. The number of aliphatic hydroxyl groups is 1. The maximum absolute atomic E-state index is 14.9. The topological polar surface area (TPSA) is 233 Å². The average molecular weight is 874 g/mol. The minimum atomic E-state index is -1.53. The fourth-order valence-corrected chi connectivity index (χ4v) is 9.12. The lowest BCUT2D eigenvalue weighted by Crippen LogP contribution is -2.64. The molecule has 0 radical (unpaired) electrons. The number of aliphatic hydroxyl groups excluding tert-OH is 1. The van der Waals surface area contributed by atoms with Crippen LogP contribution in [-0.4, -0.2) is 148 Å². The number of amides is 7. The lowest BCUT2D eigenvalue weighted by Gasteiger charge is -2.41. The van der Waals surface area contributed by atoms with Gasteiger partial charge in [0.25, 0.3) is 0 Å². The molecule has 9 atom stereocenters. The van der Waals surface area contributed by atoms with Crippen LogP contribution in [0.2, 0.25) is 0 Å². The Morgan fingerprint density at radius 2 is 1.73 bits per heavy atom. The summed E-state index contributed by atoms with van der Waals surface area (Å²) in [6.45, 7) is 8.48. The van der Waals surface area contributed by atoms with Gasteiger partial charge in [-0.05, 0) is 89.1 Å². The first-order chi connectivity index (χ1) is 30.0. The van der Waals surface area contributed by atoms with Gasteiger partial charge in [-0.15, -0.1) is 0 Å². The molecular formula is C45H59N7O11. The minimum absolute atomic E-state index is 0.0117. The van der Waals surface area contributed by atoms with Crippen LogP contribution in [-0.2, 0) is 44.7 Å². The van der Waals surface area contributed by atoms with Crippen LogP contribution in [0.3, 0.4) is 0 Å².